The Morgan fingerprint density at radius 3 is 2.46 bits per heavy atom. The van der Waals surface area contributed by atoms with E-state index in [1.807, 2.05) is 6.92 Å². The second kappa shape index (κ2) is 8.07. The molecule has 1 aliphatic heterocycles. The Balaban J connectivity index is 0.00000288. The molecule has 0 aromatic carbocycles. The number of hydrogen-bond acceptors (Lipinski definition) is 4. The molecule has 1 heterocycles. The highest BCUT2D eigenvalue weighted by molar-refractivity contribution is 14.0. The van der Waals surface area contributed by atoms with Gasteiger partial charge in [0, 0.05) is 31.7 Å². The van der Waals surface area contributed by atoms with Crippen LogP contribution in [0.15, 0.2) is 4.99 Å². The summed E-state index contributed by atoms with van der Waals surface area (Å²) in [5, 5.41) is 6.75. The van der Waals surface area contributed by atoms with E-state index < -0.39 is 9.84 Å². The molecule has 0 bridgehead atoms. The van der Waals surface area contributed by atoms with E-state index in [-0.39, 0.29) is 52.7 Å². The van der Waals surface area contributed by atoms with Crippen LogP contribution in [0.25, 0.3) is 0 Å². The fourth-order valence-electron chi connectivity index (χ4n) is 3.44. The van der Waals surface area contributed by atoms with Crippen molar-refractivity contribution in [3.8, 4) is 0 Å². The topological polar surface area (TPSA) is 79.8 Å². The summed E-state index contributed by atoms with van der Waals surface area (Å²) in [6.45, 7) is 9.91. The minimum absolute atomic E-state index is 0. The smallest absolute Gasteiger partial charge is 0.191 e. The number of rotatable bonds is 5. The lowest BCUT2D eigenvalue weighted by Gasteiger charge is -2.59. The fourth-order valence-corrected chi connectivity index (χ4v) is 5.29. The maximum Gasteiger partial charge on any atom is 0.191 e. The summed E-state index contributed by atoms with van der Waals surface area (Å²) in [4.78, 5) is 4.61. The van der Waals surface area contributed by atoms with Gasteiger partial charge in [-0.2, -0.15) is 0 Å². The summed E-state index contributed by atoms with van der Waals surface area (Å²) < 4.78 is 28.7. The van der Waals surface area contributed by atoms with Gasteiger partial charge in [-0.05, 0) is 32.6 Å². The number of nitrogens with one attached hydrogen (secondary N) is 2. The molecule has 2 fully saturated rings. The van der Waals surface area contributed by atoms with Crippen LogP contribution in [0.4, 0.5) is 0 Å². The van der Waals surface area contributed by atoms with Gasteiger partial charge in [-0.1, -0.05) is 13.8 Å². The Morgan fingerprint density at radius 2 is 2.00 bits per heavy atom. The Bertz CT molecular complexity index is 565. The van der Waals surface area contributed by atoms with Gasteiger partial charge in [-0.3, -0.25) is 4.99 Å². The van der Waals surface area contributed by atoms with Gasteiger partial charge in [0.2, 0.25) is 0 Å². The third kappa shape index (κ3) is 4.55. The monoisotopic (exact) mass is 473 g/mol. The van der Waals surface area contributed by atoms with Crippen LogP contribution < -0.4 is 10.6 Å². The number of hydrogen-bond donors (Lipinski definition) is 2. The number of sulfone groups is 1. The zero-order chi connectivity index (χ0) is 17.3. The molecule has 6 nitrogen and oxygen atoms in total. The molecule has 2 N–H and O–H groups in total. The maximum atomic E-state index is 11.5. The molecule has 0 aromatic heterocycles. The largest absolute Gasteiger partial charge is 0.378 e. The van der Waals surface area contributed by atoms with Gasteiger partial charge >= 0.3 is 0 Å². The number of nitrogens with zero attached hydrogens (tertiary/aromatic N) is 1. The van der Waals surface area contributed by atoms with Crippen LogP contribution in [0.2, 0.25) is 0 Å². The molecule has 2 rings (SSSR count). The zero-order valence-electron chi connectivity index (χ0n) is 15.4. The number of halogens is 1. The van der Waals surface area contributed by atoms with E-state index in [0.29, 0.717) is 12.3 Å². The quantitative estimate of drug-likeness (QED) is 0.362. The highest BCUT2D eigenvalue weighted by atomic mass is 127. The molecule has 24 heavy (non-hydrogen) atoms. The molecule has 1 saturated carbocycles. The zero-order valence-corrected chi connectivity index (χ0v) is 18.5. The minimum Gasteiger partial charge on any atom is -0.378 e. The second-order valence-electron chi connectivity index (χ2n) is 7.55. The van der Waals surface area contributed by atoms with Crippen molar-refractivity contribution in [2.75, 3.05) is 31.7 Å². The van der Waals surface area contributed by atoms with Crippen LogP contribution in [0, 0.1) is 11.3 Å². The molecule has 1 aliphatic carbocycles. The summed E-state index contributed by atoms with van der Waals surface area (Å²) in [5.41, 5.74) is -0.115. The normalized spacial score (nSPS) is 34.1. The molecular weight excluding hydrogens is 441 g/mol. The van der Waals surface area contributed by atoms with Crippen LogP contribution in [-0.4, -0.2) is 57.7 Å². The van der Waals surface area contributed by atoms with Crippen molar-refractivity contribution < 1.29 is 13.2 Å². The Morgan fingerprint density at radius 1 is 1.33 bits per heavy atom. The molecule has 0 spiro atoms. The summed E-state index contributed by atoms with van der Waals surface area (Å²) in [7, 11) is -1.07. The van der Waals surface area contributed by atoms with E-state index in [9.17, 15) is 8.42 Å². The van der Waals surface area contributed by atoms with Crippen molar-refractivity contribution in [3.63, 3.8) is 0 Å². The van der Waals surface area contributed by atoms with Gasteiger partial charge < -0.3 is 15.4 Å². The van der Waals surface area contributed by atoms with Gasteiger partial charge in [0.05, 0.1) is 17.1 Å². The Hall–Kier alpha value is -0.0900. The van der Waals surface area contributed by atoms with Crippen LogP contribution >= 0.6 is 24.0 Å². The standard InChI is InChI=1S/C16H31N3O3S.HI/c1-6-17-14(18-10-12-7-8-23(20,21)11-12)19-13-9-16(4,22-5)15(13,2)3;/h12-13H,6-11H2,1-5H3,(H2,17,18,19);1H. The third-order valence-corrected chi connectivity index (χ3v) is 7.60. The average molecular weight is 473 g/mol. The second-order valence-corrected chi connectivity index (χ2v) is 9.78. The van der Waals surface area contributed by atoms with Gasteiger partial charge in [0.15, 0.2) is 15.8 Å². The first-order chi connectivity index (χ1) is 10.6. The lowest BCUT2D eigenvalue weighted by atomic mass is 9.56. The summed E-state index contributed by atoms with van der Waals surface area (Å²) in [6.07, 6.45) is 1.65. The lowest BCUT2D eigenvalue weighted by Crippen LogP contribution is -2.69. The molecule has 0 aromatic rings. The summed E-state index contributed by atoms with van der Waals surface area (Å²) in [5.74, 6) is 1.49. The molecule has 2 aliphatic rings. The van der Waals surface area contributed by atoms with Gasteiger partial charge in [-0.25, -0.2) is 8.42 Å². The highest BCUT2D eigenvalue weighted by Crippen LogP contribution is 2.51. The molecular formula is C16H32IN3O3S. The third-order valence-electron chi connectivity index (χ3n) is 5.77. The van der Waals surface area contributed by atoms with Gasteiger partial charge in [0.25, 0.3) is 0 Å². The van der Waals surface area contributed by atoms with Crippen LogP contribution in [-0.2, 0) is 14.6 Å². The van der Waals surface area contributed by atoms with E-state index in [1.165, 1.54) is 0 Å². The summed E-state index contributed by atoms with van der Waals surface area (Å²) >= 11 is 0. The van der Waals surface area contributed by atoms with Crippen LogP contribution in [0.5, 0.6) is 0 Å². The first kappa shape index (κ1) is 22.0. The number of aliphatic imine (C=N–C) groups is 1. The fraction of sp³-hybridized carbons (Fsp3) is 0.938. The number of guanidine groups is 1. The average Bonchev–Trinajstić information content (AvgIpc) is 2.83. The van der Waals surface area contributed by atoms with E-state index in [1.54, 1.807) is 7.11 Å². The number of ether oxygens (including phenoxy) is 1. The van der Waals surface area contributed by atoms with Gasteiger partial charge in [-0.15, -0.1) is 24.0 Å². The van der Waals surface area contributed by atoms with Crippen molar-refractivity contribution in [3.05, 3.63) is 0 Å². The van der Waals surface area contributed by atoms with Crippen molar-refractivity contribution in [1.29, 1.82) is 0 Å². The predicted molar refractivity (Wildman–Crippen MR) is 109 cm³/mol. The maximum absolute atomic E-state index is 11.5. The first-order valence-corrected chi connectivity index (χ1v) is 10.3. The molecule has 1 saturated heterocycles. The molecule has 3 unspecified atom stereocenters. The van der Waals surface area contributed by atoms with Crippen molar-refractivity contribution >= 4 is 39.8 Å². The number of methoxy groups -OCH3 is 1. The van der Waals surface area contributed by atoms with E-state index in [4.69, 9.17) is 4.74 Å². The molecule has 8 heteroatoms. The van der Waals surface area contributed by atoms with E-state index >= 15 is 0 Å². The van der Waals surface area contributed by atoms with Crippen LogP contribution in [0.1, 0.15) is 40.5 Å². The first-order valence-electron chi connectivity index (χ1n) is 8.44. The van der Waals surface area contributed by atoms with Gasteiger partial charge in [0.1, 0.15) is 0 Å². The van der Waals surface area contributed by atoms with Crippen molar-refractivity contribution in [2.24, 2.45) is 16.3 Å². The molecule has 0 amide bonds. The van der Waals surface area contributed by atoms with Crippen molar-refractivity contribution in [2.45, 2.75) is 52.2 Å². The van der Waals surface area contributed by atoms with Crippen LogP contribution in [0.3, 0.4) is 0 Å². The highest BCUT2D eigenvalue weighted by Gasteiger charge is 2.58. The minimum atomic E-state index is -2.84. The molecule has 3 atom stereocenters. The predicted octanol–water partition coefficient (Wildman–Crippen LogP) is 1.80. The Labute approximate surface area is 163 Å². The summed E-state index contributed by atoms with van der Waals surface area (Å²) in [6, 6.07) is 0.289. The van der Waals surface area contributed by atoms with E-state index in [2.05, 4.69) is 36.4 Å². The van der Waals surface area contributed by atoms with E-state index in [0.717, 1.165) is 25.3 Å². The van der Waals surface area contributed by atoms with Crippen molar-refractivity contribution in [1.82, 2.24) is 10.6 Å². The molecule has 0 radical (unpaired) electrons. The Kier molecular flexibility index (Phi) is 7.38. The molecule has 142 valence electrons. The SMILES string of the molecule is CCNC(=NCC1CCS(=O)(=O)C1)NC1CC(C)(OC)C1(C)C.I. The lowest BCUT2D eigenvalue weighted by molar-refractivity contribution is -0.176.